The Morgan fingerprint density at radius 1 is 1.12 bits per heavy atom. The first-order chi connectivity index (χ1) is 16.4. The van der Waals surface area contributed by atoms with E-state index in [0.29, 0.717) is 16.4 Å². The molecule has 0 bridgehead atoms. The van der Waals surface area contributed by atoms with Crippen molar-refractivity contribution in [2.45, 2.75) is 25.4 Å². The SMILES string of the molecule is COC(=O)C1=C(C)NC(C)(c2ccccc2)C(C(=O)OC)C1Nc1nc(-c2cccnc2)cs1. The number of benzene rings is 1. The van der Waals surface area contributed by atoms with Gasteiger partial charge in [-0.25, -0.2) is 9.78 Å². The number of carbonyl (C=O) groups is 2. The molecule has 2 N–H and O–H groups in total. The molecule has 176 valence electrons. The topological polar surface area (TPSA) is 102 Å². The quantitative estimate of drug-likeness (QED) is 0.517. The molecule has 0 aliphatic carbocycles. The van der Waals surface area contributed by atoms with Crippen molar-refractivity contribution in [1.82, 2.24) is 15.3 Å². The number of nitrogens with zero attached hydrogens (tertiary/aromatic N) is 2. The van der Waals surface area contributed by atoms with Gasteiger partial charge >= 0.3 is 11.9 Å². The van der Waals surface area contributed by atoms with Crippen molar-refractivity contribution in [3.63, 3.8) is 0 Å². The van der Waals surface area contributed by atoms with Crippen LogP contribution in [0.2, 0.25) is 0 Å². The second kappa shape index (κ2) is 9.64. The summed E-state index contributed by atoms with van der Waals surface area (Å²) in [7, 11) is 2.67. The first-order valence-corrected chi connectivity index (χ1v) is 11.6. The van der Waals surface area contributed by atoms with Crippen LogP contribution in [0.1, 0.15) is 19.4 Å². The third kappa shape index (κ3) is 4.26. The lowest BCUT2D eigenvalue weighted by Crippen LogP contribution is -2.60. The first-order valence-electron chi connectivity index (χ1n) is 10.7. The van der Waals surface area contributed by atoms with Crippen molar-refractivity contribution >= 4 is 28.4 Å². The number of nitrogens with one attached hydrogen (secondary N) is 2. The summed E-state index contributed by atoms with van der Waals surface area (Å²) in [6, 6.07) is 12.6. The third-order valence-electron chi connectivity index (χ3n) is 6.09. The molecule has 8 nitrogen and oxygen atoms in total. The van der Waals surface area contributed by atoms with Gasteiger partial charge in [0, 0.05) is 29.0 Å². The summed E-state index contributed by atoms with van der Waals surface area (Å²) in [6.07, 6.45) is 3.43. The highest BCUT2D eigenvalue weighted by Gasteiger charge is 2.52. The molecule has 1 aliphatic heterocycles. The van der Waals surface area contributed by atoms with E-state index in [1.807, 2.05) is 54.8 Å². The highest BCUT2D eigenvalue weighted by atomic mass is 32.1. The van der Waals surface area contributed by atoms with E-state index in [-0.39, 0.29) is 0 Å². The molecule has 0 saturated carbocycles. The fraction of sp³-hybridized carbons (Fsp3) is 0.280. The zero-order valence-electron chi connectivity index (χ0n) is 19.4. The number of anilines is 1. The minimum absolute atomic E-state index is 0.324. The van der Waals surface area contributed by atoms with E-state index in [1.165, 1.54) is 25.6 Å². The maximum absolute atomic E-state index is 13.2. The van der Waals surface area contributed by atoms with Gasteiger partial charge < -0.3 is 20.1 Å². The van der Waals surface area contributed by atoms with Crippen molar-refractivity contribution in [3.05, 3.63) is 77.1 Å². The largest absolute Gasteiger partial charge is 0.469 e. The van der Waals surface area contributed by atoms with Crippen molar-refractivity contribution in [3.8, 4) is 11.3 Å². The molecule has 1 aliphatic rings. The number of hydrogen-bond donors (Lipinski definition) is 2. The number of thiazole rings is 1. The fourth-order valence-electron chi connectivity index (χ4n) is 4.47. The van der Waals surface area contributed by atoms with Gasteiger partial charge in [0.2, 0.25) is 0 Å². The molecule has 3 atom stereocenters. The van der Waals surface area contributed by atoms with Crippen LogP contribution in [-0.2, 0) is 24.6 Å². The Kier molecular flexibility index (Phi) is 6.65. The van der Waals surface area contributed by atoms with Crippen molar-refractivity contribution < 1.29 is 19.1 Å². The average molecular weight is 479 g/mol. The lowest BCUT2D eigenvalue weighted by molar-refractivity contribution is -0.149. The molecule has 0 amide bonds. The summed E-state index contributed by atoms with van der Waals surface area (Å²) >= 11 is 1.38. The summed E-state index contributed by atoms with van der Waals surface area (Å²) < 4.78 is 10.3. The molecule has 2 aromatic heterocycles. The Labute approximate surface area is 202 Å². The van der Waals surface area contributed by atoms with Gasteiger partial charge in [0.1, 0.15) is 5.92 Å². The van der Waals surface area contributed by atoms with E-state index in [4.69, 9.17) is 9.47 Å². The number of hydrogen-bond acceptors (Lipinski definition) is 9. The van der Waals surface area contributed by atoms with Gasteiger partial charge in [0.15, 0.2) is 5.13 Å². The van der Waals surface area contributed by atoms with Crippen LogP contribution in [0.4, 0.5) is 5.13 Å². The molecular formula is C25H26N4O4S. The van der Waals surface area contributed by atoms with Crippen LogP contribution < -0.4 is 10.6 Å². The zero-order valence-corrected chi connectivity index (χ0v) is 20.2. The number of rotatable bonds is 6. The number of methoxy groups -OCH3 is 2. The van der Waals surface area contributed by atoms with Crippen LogP contribution >= 0.6 is 11.3 Å². The summed E-state index contributed by atoms with van der Waals surface area (Å²) in [5.74, 6) is -1.80. The predicted molar refractivity (Wildman–Crippen MR) is 130 cm³/mol. The maximum Gasteiger partial charge on any atom is 0.337 e. The molecule has 1 aromatic carbocycles. The van der Waals surface area contributed by atoms with Crippen molar-refractivity contribution in [1.29, 1.82) is 0 Å². The first kappa shape index (κ1) is 23.4. The standard InChI is InChI=1S/C25H26N4O4S/c1-15-19(22(30)32-3)21(28-24-27-18(14-34-24)16-9-8-12-26-13-16)20(23(31)33-4)25(2,29-15)17-10-6-5-7-11-17/h5-14,20-21,29H,1-4H3,(H,27,28). The number of carbonyl (C=O) groups excluding carboxylic acids is 2. The number of pyridine rings is 1. The Morgan fingerprint density at radius 2 is 1.88 bits per heavy atom. The van der Waals surface area contributed by atoms with E-state index >= 15 is 0 Å². The average Bonchev–Trinajstić information content (AvgIpc) is 3.33. The minimum atomic E-state index is -0.864. The Morgan fingerprint density at radius 3 is 2.53 bits per heavy atom. The third-order valence-corrected chi connectivity index (χ3v) is 6.87. The second-order valence-electron chi connectivity index (χ2n) is 8.13. The van der Waals surface area contributed by atoms with Crippen LogP contribution in [0.3, 0.4) is 0 Å². The van der Waals surface area contributed by atoms with Crippen LogP contribution in [-0.4, -0.2) is 42.2 Å². The van der Waals surface area contributed by atoms with Gasteiger partial charge in [-0.15, -0.1) is 11.3 Å². The van der Waals surface area contributed by atoms with Crippen molar-refractivity contribution in [2.75, 3.05) is 19.5 Å². The van der Waals surface area contributed by atoms with Gasteiger partial charge in [-0.3, -0.25) is 9.78 Å². The lowest BCUT2D eigenvalue weighted by Gasteiger charge is -2.46. The molecular weight excluding hydrogens is 452 g/mol. The Balaban J connectivity index is 1.82. The van der Waals surface area contributed by atoms with Gasteiger partial charge in [-0.1, -0.05) is 30.3 Å². The lowest BCUT2D eigenvalue weighted by atomic mass is 9.70. The number of allylic oxidation sites excluding steroid dienone is 1. The van der Waals surface area contributed by atoms with Crippen LogP contribution in [0, 0.1) is 5.92 Å². The van der Waals surface area contributed by atoms with E-state index in [1.54, 1.807) is 19.3 Å². The molecule has 0 saturated heterocycles. The van der Waals surface area contributed by atoms with Gasteiger partial charge in [-0.2, -0.15) is 0 Å². The molecule has 3 heterocycles. The highest BCUT2D eigenvalue weighted by molar-refractivity contribution is 7.14. The van der Waals surface area contributed by atoms with Crippen LogP contribution in [0.5, 0.6) is 0 Å². The molecule has 4 rings (SSSR count). The minimum Gasteiger partial charge on any atom is -0.469 e. The van der Waals surface area contributed by atoms with Crippen LogP contribution in [0.25, 0.3) is 11.3 Å². The summed E-state index contributed by atoms with van der Waals surface area (Å²) in [5.41, 5.74) is 2.57. The molecule has 0 radical (unpaired) electrons. The highest BCUT2D eigenvalue weighted by Crippen LogP contribution is 2.42. The van der Waals surface area contributed by atoms with E-state index in [0.717, 1.165) is 16.8 Å². The molecule has 3 aromatic rings. The summed E-state index contributed by atoms with van der Waals surface area (Å²) in [5, 5.41) is 9.20. The molecule has 0 spiro atoms. The summed E-state index contributed by atoms with van der Waals surface area (Å²) in [6.45, 7) is 3.73. The number of ether oxygens (including phenoxy) is 2. The van der Waals surface area contributed by atoms with E-state index in [9.17, 15) is 9.59 Å². The Bertz CT molecular complexity index is 1210. The van der Waals surface area contributed by atoms with Crippen molar-refractivity contribution in [2.24, 2.45) is 5.92 Å². The molecule has 34 heavy (non-hydrogen) atoms. The molecule has 0 fully saturated rings. The number of aromatic nitrogens is 2. The molecule has 3 unspecified atom stereocenters. The van der Waals surface area contributed by atoms with E-state index in [2.05, 4.69) is 20.6 Å². The normalized spacial score (nSPS) is 22.0. The smallest absolute Gasteiger partial charge is 0.337 e. The van der Waals surface area contributed by atoms with Crippen LogP contribution in [0.15, 0.2) is 71.5 Å². The maximum atomic E-state index is 13.2. The van der Waals surface area contributed by atoms with Gasteiger partial charge in [-0.05, 0) is 31.5 Å². The van der Waals surface area contributed by atoms with Gasteiger partial charge in [0.25, 0.3) is 0 Å². The molecule has 9 heteroatoms. The number of esters is 2. The Hall–Kier alpha value is -3.72. The second-order valence-corrected chi connectivity index (χ2v) is 8.98. The zero-order chi connectivity index (χ0) is 24.3. The van der Waals surface area contributed by atoms with Gasteiger partial charge in [0.05, 0.1) is 37.1 Å². The summed E-state index contributed by atoms with van der Waals surface area (Å²) in [4.78, 5) is 34.9. The monoisotopic (exact) mass is 478 g/mol. The van der Waals surface area contributed by atoms with E-state index < -0.39 is 29.4 Å². The fourth-order valence-corrected chi connectivity index (χ4v) is 5.23. The predicted octanol–water partition coefficient (Wildman–Crippen LogP) is 3.74.